The number of hydrogen-bond acceptors (Lipinski definition) is 3. The quantitative estimate of drug-likeness (QED) is 0.679. The lowest BCUT2D eigenvalue weighted by Crippen LogP contribution is -2.39. The molecular formula is C21H28BrN3O2. The molecule has 0 bridgehead atoms. The molecule has 1 aliphatic heterocycles. The second kappa shape index (κ2) is 7.66. The first-order chi connectivity index (χ1) is 12.7. The average molecular weight is 434 g/mol. The second-order valence-electron chi connectivity index (χ2n) is 7.91. The predicted molar refractivity (Wildman–Crippen MR) is 110 cm³/mol. The fourth-order valence-corrected chi connectivity index (χ4v) is 4.07. The molecule has 27 heavy (non-hydrogen) atoms. The Morgan fingerprint density at radius 3 is 2.41 bits per heavy atom. The fraction of sp³-hybridized carbons (Fsp3) is 0.524. The molecule has 0 aliphatic carbocycles. The molecule has 0 saturated heterocycles. The molecule has 1 amide bonds. The van der Waals surface area contributed by atoms with E-state index in [-0.39, 0.29) is 6.09 Å². The Labute approximate surface area is 169 Å². The lowest BCUT2D eigenvalue weighted by atomic mass is 10.0. The van der Waals surface area contributed by atoms with E-state index in [4.69, 9.17) is 9.84 Å². The Kier molecular flexibility index (Phi) is 5.65. The first kappa shape index (κ1) is 19.9. The van der Waals surface area contributed by atoms with Gasteiger partial charge in [0.1, 0.15) is 10.2 Å². The van der Waals surface area contributed by atoms with Crippen LogP contribution in [-0.4, -0.2) is 32.9 Å². The predicted octanol–water partition coefficient (Wildman–Crippen LogP) is 5.05. The molecule has 0 fully saturated rings. The van der Waals surface area contributed by atoms with Crippen molar-refractivity contribution in [3.05, 3.63) is 45.2 Å². The number of carbonyl (C=O) groups is 1. The first-order valence-electron chi connectivity index (χ1n) is 9.60. The molecule has 0 unspecified atom stereocenters. The zero-order valence-corrected chi connectivity index (χ0v) is 18.4. The van der Waals surface area contributed by atoms with Crippen molar-refractivity contribution in [2.75, 3.05) is 6.54 Å². The first-order valence-corrected chi connectivity index (χ1v) is 10.4. The third kappa shape index (κ3) is 4.05. The highest BCUT2D eigenvalue weighted by molar-refractivity contribution is 9.10. The highest BCUT2D eigenvalue weighted by Crippen LogP contribution is 2.32. The van der Waals surface area contributed by atoms with Crippen molar-refractivity contribution in [2.24, 2.45) is 0 Å². The van der Waals surface area contributed by atoms with Crippen LogP contribution in [-0.2, 0) is 30.5 Å². The molecule has 5 nitrogen and oxygen atoms in total. The summed E-state index contributed by atoms with van der Waals surface area (Å²) in [6, 6.07) is 6.44. The van der Waals surface area contributed by atoms with Crippen LogP contribution in [0.3, 0.4) is 0 Å². The summed E-state index contributed by atoms with van der Waals surface area (Å²) >= 11 is 3.76. The van der Waals surface area contributed by atoms with Crippen LogP contribution in [0.5, 0.6) is 0 Å². The molecule has 1 aromatic heterocycles. The molecule has 0 atom stereocenters. The normalized spacial score (nSPS) is 14.2. The minimum absolute atomic E-state index is 0.268. The summed E-state index contributed by atoms with van der Waals surface area (Å²) < 4.78 is 8.49. The standard InChI is InChI=1S/C21H28BrN3O2/c1-6-14-9-8-10-15(7-2)18(14)25-19(22)16-13-24(12-11-17(16)23-25)20(26)27-21(3,4)5/h8-10H,6-7,11-13H2,1-5H3. The number of amides is 1. The van der Waals surface area contributed by atoms with Crippen molar-refractivity contribution in [1.82, 2.24) is 14.7 Å². The monoisotopic (exact) mass is 433 g/mol. The maximum Gasteiger partial charge on any atom is 0.410 e. The zero-order chi connectivity index (χ0) is 19.8. The van der Waals surface area contributed by atoms with Gasteiger partial charge in [-0.15, -0.1) is 0 Å². The van der Waals surface area contributed by atoms with Gasteiger partial charge < -0.3 is 9.64 Å². The van der Waals surface area contributed by atoms with Crippen LogP contribution >= 0.6 is 15.9 Å². The van der Waals surface area contributed by atoms with Gasteiger partial charge in [0.05, 0.1) is 17.9 Å². The maximum absolute atomic E-state index is 12.5. The molecule has 1 aromatic carbocycles. The van der Waals surface area contributed by atoms with Crippen LogP contribution in [0.15, 0.2) is 22.8 Å². The molecule has 1 aliphatic rings. The fourth-order valence-electron chi connectivity index (χ4n) is 3.46. The number of halogens is 1. The lowest BCUT2D eigenvalue weighted by Gasteiger charge is -2.29. The van der Waals surface area contributed by atoms with E-state index in [9.17, 15) is 4.79 Å². The topological polar surface area (TPSA) is 47.4 Å². The summed E-state index contributed by atoms with van der Waals surface area (Å²) in [5.74, 6) is 0. The number of fused-ring (bicyclic) bond motifs is 1. The summed E-state index contributed by atoms with van der Waals surface area (Å²) in [6.45, 7) is 11.1. The number of aromatic nitrogens is 2. The Morgan fingerprint density at radius 2 is 1.85 bits per heavy atom. The minimum Gasteiger partial charge on any atom is -0.444 e. The van der Waals surface area contributed by atoms with E-state index in [1.165, 1.54) is 11.1 Å². The van der Waals surface area contributed by atoms with Gasteiger partial charge in [-0.05, 0) is 60.7 Å². The van der Waals surface area contributed by atoms with E-state index in [0.717, 1.165) is 40.8 Å². The van der Waals surface area contributed by atoms with Crippen LogP contribution in [0, 0.1) is 0 Å². The van der Waals surface area contributed by atoms with Gasteiger partial charge in [-0.25, -0.2) is 9.48 Å². The molecule has 3 rings (SSSR count). The zero-order valence-electron chi connectivity index (χ0n) is 16.8. The van der Waals surface area contributed by atoms with E-state index >= 15 is 0 Å². The number of rotatable bonds is 3. The Hall–Kier alpha value is -1.82. The van der Waals surface area contributed by atoms with E-state index in [1.54, 1.807) is 4.90 Å². The van der Waals surface area contributed by atoms with E-state index in [2.05, 4.69) is 48.0 Å². The Bertz CT molecular complexity index is 830. The molecule has 0 N–H and O–H groups in total. The van der Waals surface area contributed by atoms with Crippen molar-refractivity contribution in [3.63, 3.8) is 0 Å². The molecular weight excluding hydrogens is 406 g/mol. The van der Waals surface area contributed by atoms with Crippen molar-refractivity contribution in [1.29, 1.82) is 0 Å². The second-order valence-corrected chi connectivity index (χ2v) is 8.66. The Morgan fingerprint density at radius 1 is 1.22 bits per heavy atom. The highest BCUT2D eigenvalue weighted by atomic mass is 79.9. The van der Waals surface area contributed by atoms with Crippen LogP contribution in [0.1, 0.15) is 57.0 Å². The number of para-hydroxylation sites is 1. The number of benzene rings is 1. The largest absolute Gasteiger partial charge is 0.444 e. The highest BCUT2D eigenvalue weighted by Gasteiger charge is 2.30. The van der Waals surface area contributed by atoms with Crippen LogP contribution in [0.2, 0.25) is 0 Å². The van der Waals surface area contributed by atoms with Gasteiger partial charge in [0.25, 0.3) is 0 Å². The molecule has 0 radical (unpaired) electrons. The summed E-state index contributed by atoms with van der Waals surface area (Å²) in [7, 11) is 0. The van der Waals surface area contributed by atoms with Crippen molar-refractivity contribution >= 4 is 22.0 Å². The number of carbonyl (C=O) groups excluding carboxylic acids is 1. The molecule has 0 spiro atoms. The molecule has 2 aromatic rings. The van der Waals surface area contributed by atoms with E-state index < -0.39 is 5.60 Å². The van der Waals surface area contributed by atoms with Gasteiger partial charge in [0.2, 0.25) is 0 Å². The van der Waals surface area contributed by atoms with Crippen LogP contribution in [0.25, 0.3) is 5.69 Å². The molecule has 0 saturated carbocycles. The van der Waals surface area contributed by atoms with Crippen molar-refractivity contribution in [2.45, 2.75) is 66.0 Å². The van der Waals surface area contributed by atoms with Crippen LogP contribution in [0.4, 0.5) is 4.79 Å². The third-order valence-corrected chi connectivity index (χ3v) is 5.61. The minimum atomic E-state index is -0.491. The molecule has 6 heteroatoms. The van der Waals surface area contributed by atoms with E-state index in [1.807, 2.05) is 25.5 Å². The summed E-state index contributed by atoms with van der Waals surface area (Å²) in [5.41, 5.74) is 5.34. The molecule has 2 heterocycles. The summed E-state index contributed by atoms with van der Waals surface area (Å²) in [5, 5.41) is 4.90. The summed E-state index contributed by atoms with van der Waals surface area (Å²) in [6.07, 6.45) is 2.36. The number of nitrogens with zero attached hydrogens (tertiary/aromatic N) is 3. The maximum atomic E-state index is 12.5. The van der Waals surface area contributed by atoms with Crippen LogP contribution < -0.4 is 0 Å². The number of hydrogen-bond donors (Lipinski definition) is 0. The van der Waals surface area contributed by atoms with Gasteiger partial charge in [-0.3, -0.25) is 0 Å². The van der Waals surface area contributed by atoms with Crippen molar-refractivity contribution in [3.8, 4) is 5.69 Å². The Balaban J connectivity index is 1.96. The van der Waals surface area contributed by atoms with E-state index in [0.29, 0.717) is 13.1 Å². The van der Waals surface area contributed by atoms with Gasteiger partial charge in [0, 0.05) is 18.5 Å². The number of ether oxygens (including phenoxy) is 1. The smallest absolute Gasteiger partial charge is 0.410 e. The number of aryl methyl sites for hydroxylation is 2. The van der Waals surface area contributed by atoms with Gasteiger partial charge in [0.15, 0.2) is 0 Å². The average Bonchev–Trinajstić information content (AvgIpc) is 2.95. The SMILES string of the molecule is CCc1cccc(CC)c1-n1nc2c(c1Br)CN(C(=O)OC(C)(C)C)CC2. The van der Waals surface area contributed by atoms with Crippen molar-refractivity contribution < 1.29 is 9.53 Å². The summed E-state index contributed by atoms with van der Waals surface area (Å²) in [4.78, 5) is 14.2. The van der Waals surface area contributed by atoms with Gasteiger partial charge in [-0.2, -0.15) is 5.10 Å². The van der Waals surface area contributed by atoms with Gasteiger partial charge in [-0.1, -0.05) is 32.0 Å². The molecule has 146 valence electrons. The van der Waals surface area contributed by atoms with Gasteiger partial charge >= 0.3 is 6.09 Å². The lowest BCUT2D eigenvalue weighted by molar-refractivity contribution is 0.0223. The third-order valence-electron chi connectivity index (χ3n) is 4.80.